The zero-order valence-electron chi connectivity index (χ0n) is 20.1. The van der Waals surface area contributed by atoms with Gasteiger partial charge in [-0.2, -0.15) is 0 Å². The Morgan fingerprint density at radius 3 is 1.61 bits per heavy atom. The smallest absolute Gasteiger partial charge is 0.306 e. The van der Waals surface area contributed by atoms with E-state index in [-0.39, 0.29) is 12.4 Å². The minimum Gasteiger partial charge on any atom is -1.00 e. The van der Waals surface area contributed by atoms with Gasteiger partial charge in [0.2, 0.25) is 5.96 Å². The molecule has 5 nitrogen and oxygen atoms in total. The van der Waals surface area contributed by atoms with Crippen LogP contribution in [0.5, 0.6) is 0 Å². The molecule has 0 bridgehead atoms. The molecule has 0 aromatic heterocycles. The average Bonchev–Trinajstić information content (AvgIpc) is 2.62. The highest BCUT2D eigenvalue weighted by Gasteiger charge is 2.31. The van der Waals surface area contributed by atoms with Crippen molar-refractivity contribution < 1.29 is 16.9 Å². The SMILES string of the molecule is CCCCN=C(N(CCCC)CCCC)N(CCCC)C(=NC)[N+](C)(C)C.[Cl-]. The van der Waals surface area contributed by atoms with Crippen LogP contribution in [0.25, 0.3) is 0 Å². The number of aliphatic imine (C=N–C) groups is 2. The first-order valence-corrected chi connectivity index (χ1v) is 11.2. The number of hydrogen-bond donors (Lipinski definition) is 0. The van der Waals surface area contributed by atoms with Gasteiger partial charge in [-0.3, -0.25) is 14.4 Å². The first kappa shape index (κ1) is 29.4. The lowest BCUT2D eigenvalue weighted by atomic mass is 10.2. The molecule has 0 unspecified atom stereocenters. The lowest BCUT2D eigenvalue weighted by molar-refractivity contribution is -0.782. The molecule has 28 heavy (non-hydrogen) atoms. The van der Waals surface area contributed by atoms with Crippen LogP contribution >= 0.6 is 0 Å². The second kappa shape index (κ2) is 17.1. The number of rotatable bonds is 12. The van der Waals surface area contributed by atoms with Crippen molar-refractivity contribution in [3.8, 4) is 0 Å². The summed E-state index contributed by atoms with van der Waals surface area (Å²) in [6, 6.07) is 0. The molecule has 0 saturated carbocycles. The molecule has 0 heterocycles. The number of unbranched alkanes of at least 4 members (excludes halogenated alkanes) is 4. The van der Waals surface area contributed by atoms with Gasteiger partial charge in [-0.1, -0.05) is 53.4 Å². The monoisotopic (exact) mass is 417 g/mol. The minimum atomic E-state index is 0. The first-order valence-electron chi connectivity index (χ1n) is 11.2. The zero-order valence-corrected chi connectivity index (χ0v) is 20.9. The Balaban J connectivity index is 0. The Bertz CT molecular complexity index is 421. The van der Waals surface area contributed by atoms with Gasteiger partial charge in [0.25, 0.3) is 0 Å². The molecule has 0 rings (SSSR count). The van der Waals surface area contributed by atoms with E-state index in [1.165, 1.54) is 38.5 Å². The highest BCUT2D eigenvalue weighted by molar-refractivity contribution is 5.95. The van der Waals surface area contributed by atoms with Gasteiger partial charge in [0.05, 0.1) is 21.1 Å². The van der Waals surface area contributed by atoms with Crippen molar-refractivity contribution in [1.82, 2.24) is 9.80 Å². The van der Waals surface area contributed by atoms with Crippen LogP contribution in [0, 0.1) is 0 Å². The van der Waals surface area contributed by atoms with Crippen LogP contribution in [-0.4, -0.2) is 80.6 Å². The van der Waals surface area contributed by atoms with E-state index in [0.29, 0.717) is 4.48 Å². The second-order valence-corrected chi connectivity index (χ2v) is 8.27. The minimum absolute atomic E-state index is 0. The van der Waals surface area contributed by atoms with Gasteiger partial charge < -0.3 is 17.3 Å². The molecule has 6 heteroatoms. The Labute approximate surface area is 182 Å². The predicted molar refractivity (Wildman–Crippen MR) is 122 cm³/mol. The molecule has 0 aliphatic rings. The van der Waals surface area contributed by atoms with Crippen LogP contribution in [0.3, 0.4) is 0 Å². The van der Waals surface area contributed by atoms with Gasteiger partial charge in [-0.15, -0.1) is 0 Å². The molecular weight excluding hydrogens is 370 g/mol. The van der Waals surface area contributed by atoms with Crippen molar-refractivity contribution in [2.75, 3.05) is 54.4 Å². The fourth-order valence-corrected chi connectivity index (χ4v) is 3.09. The summed E-state index contributed by atoms with van der Waals surface area (Å²) in [5, 5.41) is 0. The van der Waals surface area contributed by atoms with Crippen molar-refractivity contribution in [1.29, 1.82) is 0 Å². The highest BCUT2D eigenvalue weighted by Crippen LogP contribution is 2.12. The molecule has 0 N–H and O–H groups in total. The van der Waals surface area contributed by atoms with E-state index >= 15 is 0 Å². The van der Waals surface area contributed by atoms with Crippen LogP contribution in [0.4, 0.5) is 0 Å². The van der Waals surface area contributed by atoms with Crippen LogP contribution in [0.15, 0.2) is 9.98 Å². The molecule has 0 spiro atoms. The maximum Gasteiger partial charge on any atom is 0.306 e. The summed E-state index contributed by atoms with van der Waals surface area (Å²) >= 11 is 0. The first-order chi connectivity index (χ1) is 12.9. The molecule has 0 radical (unpaired) electrons. The molecule has 0 amide bonds. The quantitative estimate of drug-likeness (QED) is 0.210. The fraction of sp³-hybridized carbons (Fsp3) is 0.909. The van der Waals surface area contributed by atoms with E-state index in [0.717, 1.165) is 50.9 Å². The number of halogens is 1. The van der Waals surface area contributed by atoms with E-state index in [1.807, 2.05) is 7.05 Å². The largest absolute Gasteiger partial charge is 1.00 e. The molecule has 168 valence electrons. The van der Waals surface area contributed by atoms with Gasteiger partial charge in [0.15, 0.2) is 0 Å². The summed E-state index contributed by atoms with van der Waals surface area (Å²) in [5.74, 6) is 2.24. The normalized spacial score (nSPS) is 12.7. The third kappa shape index (κ3) is 11.3. The molecule has 0 fully saturated rings. The van der Waals surface area contributed by atoms with Crippen LogP contribution in [0.1, 0.15) is 79.1 Å². The van der Waals surface area contributed by atoms with Gasteiger partial charge >= 0.3 is 5.96 Å². The molecule has 0 aliphatic heterocycles. The number of nitrogens with zero attached hydrogens (tertiary/aromatic N) is 5. The Morgan fingerprint density at radius 1 is 0.750 bits per heavy atom. The number of quaternary nitrogens is 1. The fourth-order valence-electron chi connectivity index (χ4n) is 3.09. The van der Waals surface area contributed by atoms with Crippen LogP contribution < -0.4 is 12.4 Å². The van der Waals surface area contributed by atoms with E-state index in [1.54, 1.807) is 0 Å². The van der Waals surface area contributed by atoms with Gasteiger partial charge in [-0.25, -0.2) is 4.99 Å². The summed E-state index contributed by atoms with van der Waals surface area (Å²) in [6.07, 6.45) is 9.50. The van der Waals surface area contributed by atoms with E-state index in [2.05, 4.69) is 58.6 Å². The number of guanidine groups is 2. The maximum atomic E-state index is 5.13. The summed E-state index contributed by atoms with van der Waals surface area (Å²) in [6.45, 7) is 13.1. The highest BCUT2D eigenvalue weighted by atomic mass is 35.5. The Kier molecular flexibility index (Phi) is 17.9. The van der Waals surface area contributed by atoms with Gasteiger partial charge in [0, 0.05) is 33.2 Å². The third-order valence-corrected chi connectivity index (χ3v) is 4.63. The second-order valence-electron chi connectivity index (χ2n) is 8.27. The van der Waals surface area contributed by atoms with Crippen molar-refractivity contribution in [3.05, 3.63) is 0 Å². The predicted octanol–water partition coefficient (Wildman–Crippen LogP) is 1.84. The molecule has 0 aromatic carbocycles. The Morgan fingerprint density at radius 2 is 1.21 bits per heavy atom. The van der Waals surface area contributed by atoms with Gasteiger partial charge in [0.1, 0.15) is 0 Å². The zero-order chi connectivity index (χ0) is 20.7. The van der Waals surface area contributed by atoms with E-state index < -0.39 is 0 Å². The van der Waals surface area contributed by atoms with Crippen molar-refractivity contribution in [3.63, 3.8) is 0 Å². The molecule has 0 saturated heterocycles. The molecule has 0 aromatic rings. The summed E-state index contributed by atoms with van der Waals surface area (Å²) in [4.78, 5) is 14.8. The van der Waals surface area contributed by atoms with E-state index in [4.69, 9.17) is 9.98 Å². The van der Waals surface area contributed by atoms with Crippen molar-refractivity contribution in [2.45, 2.75) is 79.1 Å². The summed E-state index contributed by atoms with van der Waals surface area (Å²) in [7, 11) is 8.53. The third-order valence-electron chi connectivity index (χ3n) is 4.63. The van der Waals surface area contributed by atoms with Crippen molar-refractivity contribution >= 4 is 11.9 Å². The van der Waals surface area contributed by atoms with Crippen LogP contribution in [0.2, 0.25) is 0 Å². The number of hydrogen-bond acceptors (Lipinski definition) is 2. The maximum absolute atomic E-state index is 5.13. The molecular formula is C22H48ClN5. The lowest BCUT2D eigenvalue weighted by Crippen LogP contribution is -3.00. The van der Waals surface area contributed by atoms with Crippen LogP contribution in [-0.2, 0) is 0 Å². The standard InChI is InChI=1S/C22H48N5.ClH/c1-9-13-17-24-21(25(18-14-10-2)19-15-11-3)26(20-16-12-4)22(23-5)27(6,7)8;/h9-20H2,1-8H3;1H/q+1;/p-1. The Hall–Kier alpha value is -0.810. The molecule has 0 atom stereocenters. The lowest BCUT2D eigenvalue weighted by Gasteiger charge is -2.38. The van der Waals surface area contributed by atoms with Crippen molar-refractivity contribution in [2.24, 2.45) is 9.98 Å². The van der Waals surface area contributed by atoms with Gasteiger partial charge in [-0.05, 0) is 25.7 Å². The molecule has 0 aliphatic carbocycles. The average molecular weight is 418 g/mol. The van der Waals surface area contributed by atoms with E-state index in [9.17, 15) is 0 Å². The topological polar surface area (TPSA) is 31.2 Å². The summed E-state index contributed by atoms with van der Waals surface area (Å²) < 4.78 is 0.711. The summed E-state index contributed by atoms with van der Waals surface area (Å²) in [5.41, 5.74) is 0.